The van der Waals surface area contributed by atoms with Crippen molar-refractivity contribution in [2.75, 3.05) is 33.6 Å². The summed E-state index contributed by atoms with van der Waals surface area (Å²) in [5.41, 5.74) is 0. The summed E-state index contributed by atoms with van der Waals surface area (Å²) in [6.07, 6.45) is 0.781. The molecule has 1 N–H and O–H groups in total. The highest BCUT2D eigenvalue weighted by Crippen LogP contribution is 1.93. The zero-order chi connectivity index (χ0) is 9.61. The Balaban J connectivity index is 3.73. The smallest absolute Gasteiger partial charge is 0.264 e. The zero-order valence-electron chi connectivity index (χ0n) is 7.53. The lowest BCUT2D eigenvalue weighted by Crippen LogP contribution is -2.30. The Labute approximate surface area is 73.2 Å². The second-order valence-corrected chi connectivity index (χ2v) is 4.05. The summed E-state index contributed by atoms with van der Waals surface area (Å²) in [6.45, 7) is 0.613. The van der Waals surface area contributed by atoms with E-state index in [-0.39, 0.29) is 12.7 Å². The van der Waals surface area contributed by atoms with Crippen LogP contribution < -0.4 is 5.32 Å². The standard InChI is InChI=1S/C6H15NO4S/c1-7-4-6(10-2)5-11-12(3,8)9/h6-7H,4-5H2,1-3H3. The number of rotatable bonds is 6. The van der Waals surface area contributed by atoms with Crippen molar-refractivity contribution >= 4 is 10.1 Å². The van der Waals surface area contributed by atoms with Gasteiger partial charge in [0, 0.05) is 13.7 Å². The molecule has 0 aliphatic carbocycles. The van der Waals surface area contributed by atoms with Crippen LogP contribution in [0.4, 0.5) is 0 Å². The second kappa shape index (κ2) is 5.47. The molecule has 0 aromatic rings. The molecule has 0 heterocycles. The Morgan fingerprint density at radius 1 is 1.50 bits per heavy atom. The van der Waals surface area contributed by atoms with Crippen LogP contribution in [0.2, 0.25) is 0 Å². The average Bonchev–Trinajstić information content (AvgIpc) is 1.96. The molecule has 0 aliphatic rings. The Bertz CT molecular complexity index is 202. The highest BCUT2D eigenvalue weighted by Gasteiger charge is 2.09. The van der Waals surface area contributed by atoms with Gasteiger partial charge in [0.2, 0.25) is 0 Å². The third-order valence-corrected chi connectivity index (χ3v) is 1.80. The molecule has 74 valence electrons. The maximum absolute atomic E-state index is 10.6. The monoisotopic (exact) mass is 197 g/mol. The summed E-state index contributed by atoms with van der Waals surface area (Å²) in [6, 6.07) is 0. The molecule has 0 rings (SSSR count). The second-order valence-electron chi connectivity index (χ2n) is 2.40. The van der Waals surface area contributed by atoms with E-state index in [1.165, 1.54) is 7.11 Å². The predicted octanol–water partition coefficient (Wildman–Crippen LogP) is -0.803. The van der Waals surface area contributed by atoms with Gasteiger partial charge < -0.3 is 10.1 Å². The van der Waals surface area contributed by atoms with Crippen molar-refractivity contribution in [2.45, 2.75) is 6.10 Å². The topological polar surface area (TPSA) is 64.6 Å². The van der Waals surface area contributed by atoms with Crippen molar-refractivity contribution in [1.29, 1.82) is 0 Å². The molecule has 0 radical (unpaired) electrons. The van der Waals surface area contributed by atoms with E-state index in [0.717, 1.165) is 6.26 Å². The summed E-state index contributed by atoms with van der Waals surface area (Å²) in [5, 5.41) is 2.86. The van der Waals surface area contributed by atoms with E-state index in [9.17, 15) is 8.42 Å². The van der Waals surface area contributed by atoms with Crippen molar-refractivity contribution in [1.82, 2.24) is 5.32 Å². The van der Waals surface area contributed by atoms with E-state index >= 15 is 0 Å². The Kier molecular flexibility index (Phi) is 5.39. The molecular weight excluding hydrogens is 182 g/mol. The largest absolute Gasteiger partial charge is 0.378 e. The minimum atomic E-state index is -3.36. The van der Waals surface area contributed by atoms with Gasteiger partial charge in [-0.15, -0.1) is 0 Å². The number of likely N-dealkylation sites (N-methyl/N-ethyl adjacent to an activating group) is 1. The SMILES string of the molecule is CNCC(COS(C)(=O)=O)OC. The molecule has 0 amide bonds. The molecule has 5 nitrogen and oxygen atoms in total. The zero-order valence-corrected chi connectivity index (χ0v) is 8.35. The first-order valence-corrected chi connectivity index (χ1v) is 5.33. The van der Waals surface area contributed by atoms with Gasteiger partial charge in [-0.05, 0) is 7.05 Å². The molecule has 0 saturated heterocycles. The molecule has 0 aromatic carbocycles. The highest BCUT2D eigenvalue weighted by molar-refractivity contribution is 7.85. The van der Waals surface area contributed by atoms with Crippen LogP contribution in [0.25, 0.3) is 0 Å². The van der Waals surface area contributed by atoms with Gasteiger partial charge in [-0.1, -0.05) is 0 Å². The van der Waals surface area contributed by atoms with Gasteiger partial charge in [-0.3, -0.25) is 4.18 Å². The number of methoxy groups -OCH3 is 1. The number of ether oxygens (including phenoxy) is 1. The maximum Gasteiger partial charge on any atom is 0.264 e. The first-order chi connectivity index (χ1) is 5.49. The lowest BCUT2D eigenvalue weighted by molar-refractivity contribution is 0.0620. The van der Waals surface area contributed by atoms with Gasteiger partial charge in [0.15, 0.2) is 0 Å². The number of hydrogen-bond donors (Lipinski definition) is 1. The van der Waals surface area contributed by atoms with Gasteiger partial charge in [0.05, 0.1) is 19.0 Å². The maximum atomic E-state index is 10.6. The lowest BCUT2D eigenvalue weighted by Gasteiger charge is -2.13. The Morgan fingerprint density at radius 2 is 2.08 bits per heavy atom. The van der Waals surface area contributed by atoms with Gasteiger partial charge in [-0.2, -0.15) is 8.42 Å². The van der Waals surface area contributed by atoms with E-state index in [1.54, 1.807) is 7.05 Å². The first kappa shape index (κ1) is 11.8. The highest BCUT2D eigenvalue weighted by atomic mass is 32.2. The number of nitrogens with one attached hydrogen (secondary N) is 1. The summed E-state index contributed by atoms with van der Waals surface area (Å²) < 4.78 is 30.6. The Hall–Kier alpha value is -0.170. The molecule has 0 aromatic heterocycles. The van der Waals surface area contributed by atoms with Gasteiger partial charge >= 0.3 is 0 Å². The Morgan fingerprint density at radius 3 is 2.42 bits per heavy atom. The van der Waals surface area contributed by atoms with Crippen molar-refractivity contribution in [2.24, 2.45) is 0 Å². The van der Waals surface area contributed by atoms with Crippen molar-refractivity contribution < 1.29 is 17.3 Å². The normalized spacial score (nSPS) is 14.6. The van der Waals surface area contributed by atoms with E-state index in [1.807, 2.05) is 0 Å². The molecule has 1 unspecified atom stereocenters. The molecule has 0 bridgehead atoms. The molecular formula is C6H15NO4S. The van der Waals surface area contributed by atoms with Crippen molar-refractivity contribution in [3.8, 4) is 0 Å². The van der Waals surface area contributed by atoms with Gasteiger partial charge in [0.25, 0.3) is 10.1 Å². The van der Waals surface area contributed by atoms with Gasteiger partial charge in [-0.25, -0.2) is 0 Å². The minimum absolute atomic E-state index is 0.0518. The van der Waals surface area contributed by atoms with Crippen LogP contribution in [0.1, 0.15) is 0 Å². The van der Waals surface area contributed by atoms with Gasteiger partial charge in [0.1, 0.15) is 0 Å². The van der Waals surface area contributed by atoms with Crippen LogP contribution in [0.5, 0.6) is 0 Å². The lowest BCUT2D eigenvalue weighted by atomic mass is 10.4. The van der Waals surface area contributed by atoms with Crippen LogP contribution in [0.15, 0.2) is 0 Å². The molecule has 6 heteroatoms. The van der Waals surface area contributed by atoms with Crippen LogP contribution in [0.3, 0.4) is 0 Å². The van der Waals surface area contributed by atoms with E-state index < -0.39 is 10.1 Å². The fourth-order valence-corrected chi connectivity index (χ4v) is 1.04. The van der Waals surface area contributed by atoms with Crippen LogP contribution in [-0.4, -0.2) is 48.1 Å². The minimum Gasteiger partial charge on any atom is -0.378 e. The quantitative estimate of drug-likeness (QED) is 0.565. The summed E-state index contributed by atoms with van der Waals surface area (Å²) in [5.74, 6) is 0. The van der Waals surface area contributed by atoms with Crippen LogP contribution in [0, 0.1) is 0 Å². The molecule has 0 fully saturated rings. The number of hydrogen-bond acceptors (Lipinski definition) is 5. The third-order valence-electron chi connectivity index (χ3n) is 1.23. The van der Waals surface area contributed by atoms with E-state index in [0.29, 0.717) is 6.54 Å². The third kappa shape index (κ3) is 6.53. The fraction of sp³-hybridized carbons (Fsp3) is 1.00. The fourth-order valence-electron chi connectivity index (χ4n) is 0.637. The average molecular weight is 197 g/mol. The molecule has 0 spiro atoms. The molecule has 0 aliphatic heterocycles. The van der Waals surface area contributed by atoms with Crippen LogP contribution in [-0.2, 0) is 19.0 Å². The predicted molar refractivity (Wildman–Crippen MR) is 45.5 cm³/mol. The molecule has 12 heavy (non-hydrogen) atoms. The van der Waals surface area contributed by atoms with Crippen molar-refractivity contribution in [3.63, 3.8) is 0 Å². The first-order valence-electron chi connectivity index (χ1n) is 3.51. The van der Waals surface area contributed by atoms with E-state index in [2.05, 4.69) is 9.50 Å². The van der Waals surface area contributed by atoms with E-state index in [4.69, 9.17) is 4.74 Å². The summed E-state index contributed by atoms with van der Waals surface area (Å²) in [7, 11) is -0.0914. The summed E-state index contributed by atoms with van der Waals surface area (Å²) in [4.78, 5) is 0. The summed E-state index contributed by atoms with van der Waals surface area (Å²) >= 11 is 0. The van der Waals surface area contributed by atoms with Crippen molar-refractivity contribution in [3.05, 3.63) is 0 Å². The molecule has 1 atom stereocenters. The molecule has 0 saturated carbocycles. The van der Waals surface area contributed by atoms with Crippen LogP contribution >= 0.6 is 0 Å².